The van der Waals surface area contributed by atoms with Gasteiger partial charge in [0.2, 0.25) is 0 Å². The summed E-state index contributed by atoms with van der Waals surface area (Å²) in [6.45, 7) is 6.70. The number of ether oxygens (including phenoxy) is 1. The van der Waals surface area contributed by atoms with Crippen molar-refractivity contribution in [1.29, 1.82) is 0 Å². The molecule has 134 valence electrons. The van der Waals surface area contributed by atoms with Crippen LogP contribution < -0.4 is 15.4 Å². The molecule has 1 aromatic carbocycles. The predicted octanol–water partition coefficient (Wildman–Crippen LogP) is 3.28. The summed E-state index contributed by atoms with van der Waals surface area (Å²) in [5.41, 5.74) is 2.16. The van der Waals surface area contributed by atoms with Crippen molar-refractivity contribution < 1.29 is 9.84 Å². The van der Waals surface area contributed by atoms with Crippen LogP contribution >= 0.6 is 0 Å². The van der Waals surface area contributed by atoms with Gasteiger partial charge in [0.1, 0.15) is 11.5 Å². The van der Waals surface area contributed by atoms with E-state index in [-0.39, 0.29) is 11.2 Å². The second-order valence-corrected chi connectivity index (χ2v) is 6.73. The highest BCUT2D eigenvalue weighted by Crippen LogP contribution is 2.39. The number of guanidine groups is 1. The molecule has 0 aliphatic carbocycles. The molecule has 2 rings (SSSR count). The second-order valence-electron chi connectivity index (χ2n) is 6.73. The third-order valence-corrected chi connectivity index (χ3v) is 3.79. The lowest BCUT2D eigenvalue weighted by molar-refractivity contribution is 0.406. The van der Waals surface area contributed by atoms with E-state index in [1.807, 2.05) is 39.0 Å². The quantitative estimate of drug-likeness (QED) is 0.451. The number of phenols is 1. The Labute approximate surface area is 149 Å². The van der Waals surface area contributed by atoms with E-state index >= 15 is 0 Å². The molecule has 0 radical (unpaired) electrons. The maximum Gasteiger partial charge on any atom is 0.195 e. The number of phenolic OH excluding ortho intramolecular Hbond substituents is 1. The lowest BCUT2D eigenvalue weighted by atomic mass is 9.85. The Morgan fingerprint density at radius 1 is 1.32 bits per heavy atom. The molecule has 6 heteroatoms. The van der Waals surface area contributed by atoms with Crippen molar-refractivity contribution in [3.63, 3.8) is 0 Å². The molecule has 25 heavy (non-hydrogen) atoms. The molecule has 0 saturated heterocycles. The van der Waals surface area contributed by atoms with Crippen LogP contribution in [0.4, 0.5) is 5.69 Å². The van der Waals surface area contributed by atoms with Crippen LogP contribution in [-0.4, -0.2) is 30.2 Å². The summed E-state index contributed by atoms with van der Waals surface area (Å²) in [6, 6.07) is 7.47. The maximum atomic E-state index is 10.7. The molecule has 2 aromatic rings. The standard InChI is InChI=1S/C19H26N4O2/c1-19(2,3)15-9-14(25-5)10-16(17(15)24)23-18(20-4)22-12-13-7-6-8-21-11-13/h6-11,24H,12H2,1-5H3,(H2,20,22,23). The van der Waals surface area contributed by atoms with Crippen LogP contribution in [0.15, 0.2) is 41.7 Å². The Morgan fingerprint density at radius 2 is 2.08 bits per heavy atom. The van der Waals surface area contributed by atoms with Crippen molar-refractivity contribution in [2.45, 2.75) is 32.7 Å². The van der Waals surface area contributed by atoms with Crippen LogP contribution in [0.2, 0.25) is 0 Å². The summed E-state index contributed by atoms with van der Waals surface area (Å²) in [5.74, 6) is 1.41. The van der Waals surface area contributed by atoms with Crippen LogP contribution in [0.5, 0.6) is 11.5 Å². The van der Waals surface area contributed by atoms with Crippen LogP contribution in [-0.2, 0) is 12.0 Å². The van der Waals surface area contributed by atoms with Gasteiger partial charge in [-0.25, -0.2) is 0 Å². The third-order valence-electron chi connectivity index (χ3n) is 3.79. The Balaban J connectivity index is 2.22. The third kappa shape index (κ3) is 4.86. The number of pyridine rings is 1. The smallest absolute Gasteiger partial charge is 0.195 e. The molecular formula is C19H26N4O2. The zero-order valence-electron chi connectivity index (χ0n) is 15.4. The Kier molecular flexibility index (Phi) is 5.85. The second kappa shape index (κ2) is 7.88. The Bertz CT molecular complexity index is 737. The number of hydrogen-bond acceptors (Lipinski definition) is 4. The molecule has 1 heterocycles. The molecule has 0 bridgehead atoms. The van der Waals surface area contributed by atoms with E-state index in [0.29, 0.717) is 23.9 Å². The molecule has 0 aliphatic heterocycles. The fourth-order valence-corrected chi connectivity index (χ4v) is 2.39. The summed E-state index contributed by atoms with van der Waals surface area (Å²) in [6.07, 6.45) is 3.53. The highest BCUT2D eigenvalue weighted by atomic mass is 16.5. The number of anilines is 1. The molecule has 0 saturated carbocycles. The number of methoxy groups -OCH3 is 1. The lowest BCUT2D eigenvalue weighted by Crippen LogP contribution is -2.30. The van der Waals surface area contributed by atoms with Crippen LogP contribution in [0.1, 0.15) is 31.9 Å². The van der Waals surface area contributed by atoms with E-state index in [4.69, 9.17) is 4.74 Å². The zero-order chi connectivity index (χ0) is 18.4. The van der Waals surface area contributed by atoms with Crippen LogP contribution in [0.25, 0.3) is 0 Å². The van der Waals surface area contributed by atoms with Gasteiger partial charge in [-0.05, 0) is 23.1 Å². The van der Waals surface area contributed by atoms with E-state index in [2.05, 4.69) is 20.6 Å². The normalized spacial score (nSPS) is 12.0. The van der Waals surface area contributed by atoms with Crippen molar-refractivity contribution in [3.05, 3.63) is 47.8 Å². The molecule has 6 nitrogen and oxygen atoms in total. The van der Waals surface area contributed by atoms with Gasteiger partial charge in [-0.3, -0.25) is 9.98 Å². The van der Waals surface area contributed by atoms with Crippen molar-refractivity contribution >= 4 is 11.6 Å². The van der Waals surface area contributed by atoms with Crippen LogP contribution in [0, 0.1) is 0 Å². The van der Waals surface area contributed by atoms with Gasteiger partial charge in [-0.2, -0.15) is 0 Å². The number of aromatic nitrogens is 1. The number of benzene rings is 1. The number of nitrogens with zero attached hydrogens (tertiary/aromatic N) is 2. The Morgan fingerprint density at radius 3 is 2.64 bits per heavy atom. The van der Waals surface area contributed by atoms with E-state index in [1.165, 1.54) is 0 Å². The summed E-state index contributed by atoms with van der Waals surface area (Å²) in [5, 5.41) is 17.0. The lowest BCUT2D eigenvalue weighted by Gasteiger charge is -2.23. The first-order valence-electron chi connectivity index (χ1n) is 8.13. The predicted molar refractivity (Wildman–Crippen MR) is 101 cm³/mol. The molecular weight excluding hydrogens is 316 g/mol. The highest BCUT2D eigenvalue weighted by Gasteiger charge is 2.22. The molecule has 0 fully saturated rings. The summed E-state index contributed by atoms with van der Waals surface area (Å²) < 4.78 is 5.37. The van der Waals surface area contributed by atoms with E-state index in [1.54, 1.807) is 32.6 Å². The number of aromatic hydroxyl groups is 1. The maximum absolute atomic E-state index is 10.7. The summed E-state index contributed by atoms with van der Waals surface area (Å²) >= 11 is 0. The highest BCUT2D eigenvalue weighted by molar-refractivity contribution is 5.95. The molecule has 3 N–H and O–H groups in total. The van der Waals surface area contributed by atoms with Crippen molar-refractivity contribution in [3.8, 4) is 11.5 Å². The van der Waals surface area contributed by atoms with Gasteiger partial charge in [0.05, 0.1) is 12.8 Å². The van der Waals surface area contributed by atoms with E-state index < -0.39 is 0 Å². The van der Waals surface area contributed by atoms with Gasteiger partial charge in [0.15, 0.2) is 5.96 Å². The molecule has 0 amide bonds. The minimum Gasteiger partial charge on any atom is -0.505 e. The fraction of sp³-hybridized carbons (Fsp3) is 0.368. The first-order chi connectivity index (χ1) is 11.8. The number of hydrogen-bond donors (Lipinski definition) is 3. The van der Waals surface area contributed by atoms with Gasteiger partial charge >= 0.3 is 0 Å². The molecule has 0 atom stereocenters. The molecule has 1 aromatic heterocycles. The average molecular weight is 342 g/mol. The van der Waals surface area contributed by atoms with Gasteiger partial charge in [0.25, 0.3) is 0 Å². The number of nitrogens with one attached hydrogen (secondary N) is 2. The first-order valence-corrected chi connectivity index (χ1v) is 8.13. The summed E-state index contributed by atoms with van der Waals surface area (Å²) in [4.78, 5) is 8.30. The zero-order valence-corrected chi connectivity index (χ0v) is 15.4. The average Bonchev–Trinajstić information content (AvgIpc) is 2.59. The van der Waals surface area contributed by atoms with Crippen molar-refractivity contribution in [1.82, 2.24) is 10.3 Å². The Hall–Kier alpha value is -2.76. The topological polar surface area (TPSA) is 78.8 Å². The van der Waals surface area contributed by atoms with E-state index in [0.717, 1.165) is 11.1 Å². The van der Waals surface area contributed by atoms with Gasteiger partial charge in [-0.1, -0.05) is 26.8 Å². The largest absolute Gasteiger partial charge is 0.505 e. The minimum atomic E-state index is -0.221. The number of aliphatic imine (C=N–C) groups is 1. The molecule has 0 spiro atoms. The van der Waals surface area contributed by atoms with Gasteiger partial charge < -0.3 is 20.5 Å². The first kappa shape index (κ1) is 18.6. The molecule has 0 aliphatic rings. The van der Waals surface area contributed by atoms with Crippen molar-refractivity contribution in [2.75, 3.05) is 19.5 Å². The van der Waals surface area contributed by atoms with Gasteiger partial charge in [0, 0.05) is 37.6 Å². The van der Waals surface area contributed by atoms with Crippen LogP contribution in [0.3, 0.4) is 0 Å². The van der Waals surface area contributed by atoms with Crippen molar-refractivity contribution in [2.24, 2.45) is 4.99 Å². The SMILES string of the molecule is CN=C(NCc1cccnc1)Nc1cc(OC)cc(C(C)(C)C)c1O. The number of rotatable bonds is 4. The minimum absolute atomic E-state index is 0.192. The molecule has 0 unspecified atom stereocenters. The fourth-order valence-electron chi connectivity index (χ4n) is 2.39. The van der Waals surface area contributed by atoms with E-state index in [9.17, 15) is 5.11 Å². The van der Waals surface area contributed by atoms with Gasteiger partial charge in [-0.15, -0.1) is 0 Å². The monoisotopic (exact) mass is 342 g/mol. The summed E-state index contributed by atoms with van der Waals surface area (Å²) in [7, 11) is 3.29.